The largest absolute Gasteiger partial charge is 0.374 e. The van der Waals surface area contributed by atoms with Crippen LogP contribution in [0.1, 0.15) is 12.8 Å². The molecule has 0 saturated carbocycles. The van der Waals surface area contributed by atoms with Crippen molar-refractivity contribution in [3.8, 4) is 0 Å². The van der Waals surface area contributed by atoms with Crippen molar-refractivity contribution in [1.29, 1.82) is 0 Å². The van der Waals surface area contributed by atoms with E-state index in [0.717, 1.165) is 12.1 Å². The second-order valence-corrected chi connectivity index (χ2v) is 7.48. The number of nitrogens with zero attached hydrogens (tertiary/aromatic N) is 1. The third-order valence-electron chi connectivity index (χ3n) is 4.08. The zero-order valence-electron chi connectivity index (χ0n) is 14.0. The fourth-order valence-corrected chi connectivity index (χ4v) is 3.71. The number of anilines is 3. The van der Waals surface area contributed by atoms with Gasteiger partial charge in [0.1, 0.15) is 0 Å². The lowest BCUT2D eigenvalue weighted by Crippen LogP contribution is -2.26. The molecule has 2 aromatic carbocycles. The molecule has 5 nitrogen and oxygen atoms in total. The van der Waals surface area contributed by atoms with Crippen LogP contribution in [0.3, 0.4) is 0 Å². The van der Waals surface area contributed by atoms with E-state index in [1.54, 1.807) is 4.90 Å². The van der Waals surface area contributed by atoms with Crippen molar-refractivity contribution in [2.75, 3.05) is 28.6 Å². The van der Waals surface area contributed by atoms with Crippen molar-refractivity contribution in [2.45, 2.75) is 12.8 Å². The standard InChI is InChI=1S/C18H15Cl4N3O2/c19-10-8-11(20)17(22)18(16(10)21)24-14(26)9-23-12-4-1-2-5-13(12)25-7-3-6-15(25)27/h1-2,4-5,8,23H,3,6-7,9H2,(H,24,26). The Labute approximate surface area is 176 Å². The van der Waals surface area contributed by atoms with Crippen LogP contribution in [0.5, 0.6) is 0 Å². The van der Waals surface area contributed by atoms with Gasteiger partial charge in [0.25, 0.3) is 0 Å². The first-order valence-corrected chi connectivity index (χ1v) is 9.65. The summed E-state index contributed by atoms with van der Waals surface area (Å²) < 4.78 is 0. The molecule has 0 aromatic heterocycles. The van der Waals surface area contributed by atoms with Crippen LogP contribution in [-0.4, -0.2) is 24.9 Å². The van der Waals surface area contributed by atoms with Gasteiger partial charge in [-0.05, 0) is 24.6 Å². The highest BCUT2D eigenvalue weighted by molar-refractivity contribution is 6.50. The lowest BCUT2D eigenvalue weighted by molar-refractivity contribution is -0.117. The summed E-state index contributed by atoms with van der Waals surface area (Å²) in [5.41, 5.74) is 1.59. The van der Waals surface area contributed by atoms with Crippen LogP contribution in [0.2, 0.25) is 20.1 Å². The van der Waals surface area contributed by atoms with Gasteiger partial charge in [-0.3, -0.25) is 9.59 Å². The Morgan fingerprint density at radius 2 is 1.74 bits per heavy atom. The van der Waals surface area contributed by atoms with E-state index in [1.165, 1.54) is 6.07 Å². The average molecular weight is 447 g/mol. The predicted molar refractivity (Wildman–Crippen MR) is 112 cm³/mol. The molecule has 0 spiro atoms. The molecule has 1 fully saturated rings. The van der Waals surface area contributed by atoms with E-state index >= 15 is 0 Å². The van der Waals surface area contributed by atoms with Crippen LogP contribution >= 0.6 is 46.4 Å². The first-order chi connectivity index (χ1) is 12.9. The van der Waals surface area contributed by atoms with Crippen molar-refractivity contribution in [3.05, 3.63) is 50.4 Å². The molecule has 0 radical (unpaired) electrons. The van der Waals surface area contributed by atoms with Gasteiger partial charge in [-0.25, -0.2) is 0 Å². The minimum absolute atomic E-state index is 0.0597. The number of para-hydroxylation sites is 2. The van der Waals surface area contributed by atoms with Crippen LogP contribution in [0, 0.1) is 0 Å². The summed E-state index contributed by atoms with van der Waals surface area (Å²) >= 11 is 24.2. The summed E-state index contributed by atoms with van der Waals surface area (Å²) in [7, 11) is 0. The van der Waals surface area contributed by atoms with Crippen LogP contribution in [-0.2, 0) is 9.59 Å². The van der Waals surface area contributed by atoms with Gasteiger partial charge in [-0.15, -0.1) is 0 Å². The van der Waals surface area contributed by atoms with Crippen LogP contribution < -0.4 is 15.5 Å². The number of benzene rings is 2. The Balaban J connectivity index is 1.72. The number of carbonyl (C=O) groups is 2. The summed E-state index contributed by atoms with van der Waals surface area (Å²) in [6.45, 7) is 0.603. The number of rotatable bonds is 5. The van der Waals surface area contributed by atoms with Crippen LogP contribution in [0.25, 0.3) is 0 Å². The van der Waals surface area contributed by atoms with Gasteiger partial charge in [-0.1, -0.05) is 58.5 Å². The predicted octanol–water partition coefficient (Wildman–Crippen LogP) is 5.48. The molecule has 0 aliphatic carbocycles. The summed E-state index contributed by atoms with van der Waals surface area (Å²) in [5, 5.41) is 6.26. The van der Waals surface area contributed by atoms with E-state index in [1.807, 2.05) is 24.3 Å². The molecule has 2 N–H and O–H groups in total. The number of amides is 2. The molecule has 2 amide bonds. The number of hydrogen-bond acceptors (Lipinski definition) is 3. The molecule has 0 atom stereocenters. The number of hydrogen-bond donors (Lipinski definition) is 2. The van der Waals surface area contributed by atoms with E-state index in [9.17, 15) is 9.59 Å². The lowest BCUT2D eigenvalue weighted by atomic mass is 10.2. The molecule has 2 aromatic rings. The Morgan fingerprint density at radius 1 is 1.07 bits per heavy atom. The minimum atomic E-state index is -0.389. The maximum atomic E-state index is 12.4. The molecule has 27 heavy (non-hydrogen) atoms. The average Bonchev–Trinajstić information content (AvgIpc) is 3.08. The quantitative estimate of drug-likeness (QED) is 0.598. The zero-order valence-corrected chi connectivity index (χ0v) is 17.0. The minimum Gasteiger partial charge on any atom is -0.374 e. The van der Waals surface area contributed by atoms with Gasteiger partial charge < -0.3 is 15.5 Å². The van der Waals surface area contributed by atoms with Gasteiger partial charge >= 0.3 is 0 Å². The first kappa shape index (κ1) is 20.1. The fourth-order valence-electron chi connectivity index (χ4n) is 2.80. The van der Waals surface area contributed by atoms with Gasteiger partial charge in [0.15, 0.2) is 0 Å². The maximum Gasteiger partial charge on any atom is 0.243 e. The molecule has 0 unspecified atom stereocenters. The molecule has 3 rings (SSSR count). The topological polar surface area (TPSA) is 61.4 Å². The van der Waals surface area contributed by atoms with Crippen molar-refractivity contribution >= 4 is 75.3 Å². The molecular formula is C18H15Cl4N3O2. The molecule has 1 heterocycles. The Hall–Kier alpha value is -1.66. The Kier molecular flexibility index (Phi) is 6.37. The summed E-state index contributed by atoms with van der Waals surface area (Å²) in [6, 6.07) is 8.73. The lowest BCUT2D eigenvalue weighted by Gasteiger charge is -2.20. The monoisotopic (exact) mass is 445 g/mol. The fraction of sp³-hybridized carbons (Fsp3) is 0.222. The number of halogens is 4. The van der Waals surface area contributed by atoms with Crippen LogP contribution in [0.4, 0.5) is 17.1 Å². The molecule has 9 heteroatoms. The summed E-state index contributed by atoms with van der Waals surface area (Å²) in [6.07, 6.45) is 1.35. The summed E-state index contributed by atoms with van der Waals surface area (Å²) in [5.74, 6) is -0.319. The van der Waals surface area contributed by atoms with E-state index in [4.69, 9.17) is 46.4 Å². The van der Waals surface area contributed by atoms with E-state index in [-0.39, 0.29) is 44.1 Å². The molecule has 0 bridgehead atoms. The zero-order chi connectivity index (χ0) is 19.6. The second-order valence-electron chi connectivity index (χ2n) is 5.91. The second kappa shape index (κ2) is 8.57. The molecule has 142 valence electrons. The molecule has 1 saturated heterocycles. The third kappa shape index (κ3) is 4.43. The number of nitrogens with one attached hydrogen (secondary N) is 2. The highest BCUT2D eigenvalue weighted by Gasteiger charge is 2.24. The first-order valence-electron chi connectivity index (χ1n) is 8.14. The maximum absolute atomic E-state index is 12.4. The van der Waals surface area contributed by atoms with E-state index < -0.39 is 0 Å². The highest BCUT2D eigenvalue weighted by Crippen LogP contribution is 2.41. The van der Waals surface area contributed by atoms with Gasteiger partial charge in [0.2, 0.25) is 11.8 Å². The summed E-state index contributed by atoms with van der Waals surface area (Å²) in [4.78, 5) is 26.1. The SMILES string of the molecule is O=C(CNc1ccccc1N1CCCC1=O)Nc1c(Cl)c(Cl)cc(Cl)c1Cl. The van der Waals surface area contributed by atoms with Crippen LogP contribution in [0.15, 0.2) is 30.3 Å². The van der Waals surface area contributed by atoms with Crippen molar-refractivity contribution in [3.63, 3.8) is 0 Å². The van der Waals surface area contributed by atoms with Gasteiger partial charge in [0, 0.05) is 13.0 Å². The Bertz CT molecular complexity index is 878. The molecule has 1 aliphatic rings. The highest BCUT2D eigenvalue weighted by atomic mass is 35.5. The Morgan fingerprint density at radius 3 is 2.37 bits per heavy atom. The number of carbonyl (C=O) groups excluding carboxylic acids is 2. The van der Waals surface area contributed by atoms with Crippen molar-refractivity contribution in [1.82, 2.24) is 0 Å². The van der Waals surface area contributed by atoms with E-state index in [2.05, 4.69) is 10.6 Å². The van der Waals surface area contributed by atoms with Crippen molar-refractivity contribution in [2.24, 2.45) is 0 Å². The third-order valence-corrected chi connectivity index (χ3v) is 5.66. The van der Waals surface area contributed by atoms with Gasteiger partial charge in [-0.2, -0.15) is 0 Å². The molecular weight excluding hydrogens is 432 g/mol. The normalized spacial score (nSPS) is 13.8. The van der Waals surface area contributed by atoms with Gasteiger partial charge in [0.05, 0.1) is 43.7 Å². The van der Waals surface area contributed by atoms with Crippen molar-refractivity contribution < 1.29 is 9.59 Å². The van der Waals surface area contributed by atoms with E-state index in [0.29, 0.717) is 18.7 Å². The smallest absolute Gasteiger partial charge is 0.243 e. The molecule has 1 aliphatic heterocycles.